The minimum atomic E-state index is -4.38. The molecule has 0 bridgehead atoms. The highest BCUT2D eigenvalue weighted by molar-refractivity contribution is 7.13. The summed E-state index contributed by atoms with van der Waals surface area (Å²) in [5, 5.41) is 7.94. The van der Waals surface area contributed by atoms with E-state index in [1.807, 2.05) is 29.2 Å². The lowest BCUT2D eigenvalue weighted by molar-refractivity contribution is -0.137. The normalized spacial score (nSPS) is 14.2. The van der Waals surface area contributed by atoms with Crippen LogP contribution in [0.15, 0.2) is 53.9 Å². The lowest BCUT2D eigenvalue weighted by Gasteiger charge is -2.28. The maximum atomic E-state index is 12.7. The number of nitrogens with zero attached hydrogens (tertiary/aromatic N) is 2. The van der Waals surface area contributed by atoms with Crippen LogP contribution in [-0.2, 0) is 28.7 Å². The molecule has 0 radical (unpaired) electrons. The van der Waals surface area contributed by atoms with Crippen LogP contribution in [0.5, 0.6) is 0 Å². The highest BCUT2D eigenvalue weighted by Gasteiger charge is 2.30. The molecule has 0 saturated carbocycles. The number of piperazine rings is 1. The number of anilines is 1. The highest BCUT2D eigenvalue weighted by atomic mass is 32.1. The van der Waals surface area contributed by atoms with Crippen LogP contribution in [0.3, 0.4) is 0 Å². The van der Waals surface area contributed by atoms with Gasteiger partial charge in [-0.05, 0) is 29.8 Å². The Bertz CT molecular complexity index is 1130. The molecule has 0 aliphatic carbocycles. The van der Waals surface area contributed by atoms with E-state index in [1.54, 1.807) is 5.38 Å². The van der Waals surface area contributed by atoms with Gasteiger partial charge in [0.05, 0.1) is 24.2 Å². The summed E-state index contributed by atoms with van der Waals surface area (Å²) in [7, 11) is 0. The Morgan fingerprint density at radius 2 is 1.85 bits per heavy atom. The van der Waals surface area contributed by atoms with Gasteiger partial charge in [-0.2, -0.15) is 13.2 Å². The lowest BCUT2D eigenvalue weighted by Crippen LogP contribution is -2.47. The fourth-order valence-electron chi connectivity index (χ4n) is 3.43. The van der Waals surface area contributed by atoms with Crippen LogP contribution in [-0.4, -0.2) is 36.4 Å². The predicted molar refractivity (Wildman–Crippen MR) is 120 cm³/mol. The van der Waals surface area contributed by atoms with Gasteiger partial charge < -0.3 is 15.5 Å². The number of hydrogen-bond donors (Lipinski definition) is 2. The molecule has 0 spiro atoms. The molecular weight excluding hydrogens is 453 g/mol. The highest BCUT2D eigenvalue weighted by Crippen LogP contribution is 2.31. The largest absolute Gasteiger partial charge is 0.416 e. The van der Waals surface area contributed by atoms with Crippen molar-refractivity contribution in [1.82, 2.24) is 15.6 Å². The van der Waals surface area contributed by atoms with Gasteiger partial charge >= 0.3 is 6.18 Å². The van der Waals surface area contributed by atoms with Crippen molar-refractivity contribution >= 4 is 28.8 Å². The van der Waals surface area contributed by atoms with Crippen molar-refractivity contribution in [3.05, 3.63) is 70.7 Å². The summed E-state index contributed by atoms with van der Waals surface area (Å²) in [5.41, 5.74) is 2.31. The maximum absolute atomic E-state index is 12.7. The Balaban J connectivity index is 1.29. The molecular formula is C23H21F3N4O2S. The zero-order valence-electron chi connectivity index (χ0n) is 17.5. The molecule has 2 heterocycles. The minimum absolute atomic E-state index is 0.00103. The van der Waals surface area contributed by atoms with E-state index in [2.05, 4.69) is 15.6 Å². The fourth-order valence-corrected chi connectivity index (χ4v) is 4.26. The van der Waals surface area contributed by atoms with Gasteiger partial charge in [-0.25, -0.2) is 4.98 Å². The lowest BCUT2D eigenvalue weighted by atomic mass is 10.1. The third kappa shape index (κ3) is 5.89. The van der Waals surface area contributed by atoms with Gasteiger partial charge in [0, 0.05) is 36.3 Å². The van der Waals surface area contributed by atoms with E-state index in [9.17, 15) is 22.8 Å². The second kappa shape index (κ2) is 9.62. The van der Waals surface area contributed by atoms with Crippen molar-refractivity contribution in [3.63, 3.8) is 0 Å². The van der Waals surface area contributed by atoms with Gasteiger partial charge in [0.15, 0.2) is 0 Å². The van der Waals surface area contributed by atoms with Gasteiger partial charge in [0.1, 0.15) is 5.01 Å². The summed E-state index contributed by atoms with van der Waals surface area (Å²) in [6.45, 7) is 2.06. The molecule has 2 aromatic carbocycles. The number of amides is 2. The van der Waals surface area contributed by atoms with Crippen LogP contribution in [0.2, 0.25) is 0 Å². The number of alkyl halides is 3. The molecule has 1 fully saturated rings. The van der Waals surface area contributed by atoms with Crippen molar-refractivity contribution in [2.75, 3.05) is 24.5 Å². The second-order valence-electron chi connectivity index (χ2n) is 7.61. The molecule has 0 atom stereocenters. The van der Waals surface area contributed by atoms with E-state index in [0.717, 1.165) is 29.9 Å². The molecule has 172 valence electrons. The minimum Gasteiger partial charge on any atom is -0.360 e. The topological polar surface area (TPSA) is 74.3 Å². The third-order valence-electron chi connectivity index (χ3n) is 5.18. The van der Waals surface area contributed by atoms with E-state index in [4.69, 9.17) is 0 Å². The standard InChI is InChI=1S/C23H21F3N4O2S/c24-23(25,26)17-5-3-16(4-6-17)22-29-18(14-33-22)11-20(31)28-12-15-1-7-19(8-2-15)30-10-9-27-21(32)13-30/h1-8,14H,9-13H2,(H,27,32)(H,28,31). The first-order valence-corrected chi connectivity index (χ1v) is 11.2. The molecule has 1 aromatic heterocycles. The second-order valence-corrected chi connectivity index (χ2v) is 8.47. The summed E-state index contributed by atoms with van der Waals surface area (Å²) in [6, 6.07) is 12.5. The molecule has 1 saturated heterocycles. The van der Waals surface area contributed by atoms with E-state index in [1.165, 1.54) is 23.5 Å². The molecule has 1 aliphatic rings. The average Bonchev–Trinajstić information content (AvgIpc) is 3.26. The Morgan fingerprint density at radius 1 is 1.12 bits per heavy atom. The van der Waals surface area contributed by atoms with E-state index < -0.39 is 11.7 Å². The average molecular weight is 475 g/mol. The molecule has 3 aromatic rings. The van der Waals surface area contributed by atoms with Gasteiger partial charge in [-0.3, -0.25) is 9.59 Å². The summed E-state index contributed by atoms with van der Waals surface area (Å²) >= 11 is 1.28. The molecule has 33 heavy (non-hydrogen) atoms. The fraction of sp³-hybridized carbons (Fsp3) is 0.261. The number of thiazole rings is 1. The zero-order valence-corrected chi connectivity index (χ0v) is 18.3. The summed E-state index contributed by atoms with van der Waals surface area (Å²) in [4.78, 5) is 30.2. The van der Waals surface area contributed by atoms with Gasteiger partial charge in [0.2, 0.25) is 11.8 Å². The van der Waals surface area contributed by atoms with Crippen LogP contribution < -0.4 is 15.5 Å². The van der Waals surface area contributed by atoms with Crippen LogP contribution in [0.1, 0.15) is 16.8 Å². The molecule has 2 amide bonds. The third-order valence-corrected chi connectivity index (χ3v) is 6.12. The number of halogens is 3. The van der Waals surface area contributed by atoms with Crippen LogP contribution in [0, 0.1) is 0 Å². The molecule has 0 unspecified atom stereocenters. The van der Waals surface area contributed by atoms with Crippen LogP contribution in [0.25, 0.3) is 10.6 Å². The number of nitrogens with one attached hydrogen (secondary N) is 2. The van der Waals surface area contributed by atoms with E-state index in [0.29, 0.717) is 35.9 Å². The zero-order chi connectivity index (χ0) is 23.4. The Morgan fingerprint density at radius 3 is 2.52 bits per heavy atom. The van der Waals surface area contributed by atoms with E-state index in [-0.39, 0.29) is 18.2 Å². The Labute approximate surface area is 192 Å². The summed E-state index contributed by atoms with van der Waals surface area (Å²) < 4.78 is 38.1. The smallest absolute Gasteiger partial charge is 0.360 e. The van der Waals surface area contributed by atoms with Crippen molar-refractivity contribution in [3.8, 4) is 10.6 Å². The monoisotopic (exact) mass is 474 g/mol. The molecule has 2 N–H and O–H groups in total. The van der Waals surface area contributed by atoms with Gasteiger partial charge in [-0.15, -0.1) is 11.3 Å². The number of rotatable bonds is 6. The molecule has 1 aliphatic heterocycles. The predicted octanol–water partition coefficient (Wildman–Crippen LogP) is 3.62. The maximum Gasteiger partial charge on any atom is 0.416 e. The quantitative estimate of drug-likeness (QED) is 0.572. The van der Waals surface area contributed by atoms with Crippen molar-refractivity contribution in [2.24, 2.45) is 0 Å². The van der Waals surface area contributed by atoms with Crippen molar-refractivity contribution in [1.29, 1.82) is 0 Å². The SMILES string of the molecule is O=C(Cc1csc(-c2ccc(C(F)(F)F)cc2)n1)NCc1ccc(N2CCNC(=O)C2)cc1. The summed E-state index contributed by atoms with van der Waals surface area (Å²) in [6.07, 6.45) is -4.30. The van der Waals surface area contributed by atoms with Crippen molar-refractivity contribution < 1.29 is 22.8 Å². The first-order valence-electron chi connectivity index (χ1n) is 10.3. The number of carbonyl (C=O) groups is 2. The Hall–Kier alpha value is -3.40. The summed E-state index contributed by atoms with van der Waals surface area (Å²) in [5.74, 6) is -0.197. The molecule has 10 heteroatoms. The number of hydrogen-bond acceptors (Lipinski definition) is 5. The van der Waals surface area contributed by atoms with Crippen LogP contribution in [0.4, 0.5) is 18.9 Å². The number of aromatic nitrogens is 1. The molecule has 6 nitrogen and oxygen atoms in total. The Kier molecular flexibility index (Phi) is 6.64. The number of benzene rings is 2. The van der Waals surface area contributed by atoms with Crippen LogP contribution >= 0.6 is 11.3 Å². The first-order chi connectivity index (χ1) is 15.8. The van der Waals surface area contributed by atoms with Gasteiger partial charge in [0.25, 0.3) is 0 Å². The number of carbonyl (C=O) groups excluding carboxylic acids is 2. The molecule has 4 rings (SSSR count). The van der Waals surface area contributed by atoms with E-state index >= 15 is 0 Å². The first kappa shape index (κ1) is 22.8. The van der Waals surface area contributed by atoms with Gasteiger partial charge in [-0.1, -0.05) is 24.3 Å². The van der Waals surface area contributed by atoms with Crippen molar-refractivity contribution in [2.45, 2.75) is 19.1 Å².